The molecule has 1 fully saturated rings. The van der Waals surface area contributed by atoms with Gasteiger partial charge in [-0.1, -0.05) is 55.7 Å². The van der Waals surface area contributed by atoms with Crippen LogP contribution in [-0.2, 0) is 0 Å². The fourth-order valence-corrected chi connectivity index (χ4v) is 3.28. The van der Waals surface area contributed by atoms with E-state index >= 15 is 0 Å². The molecule has 6 heteroatoms. The Morgan fingerprint density at radius 2 is 1.07 bits per heavy atom. The molecular weight excluding hydrogens is 336 g/mol. The summed E-state index contributed by atoms with van der Waals surface area (Å²) >= 11 is 0. The molecule has 4 rings (SSSR count). The Morgan fingerprint density at radius 3 is 1.59 bits per heavy atom. The Hall–Kier alpha value is -3.15. The van der Waals surface area contributed by atoms with Gasteiger partial charge in [0.25, 0.3) is 0 Å². The first-order chi connectivity index (χ1) is 13.3. The van der Waals surface area contributed by atoms with Crippen LogP contribution in [0.4, 0.5) is 29.2 Å². The molecule has 27 heavy (non-hydrogen) atoms. The summed E-state index contributed by atoms with van der Waals surface area (Å²) in [7, 11) is 0. The maximum absolute atomic E-state index is 4.58. The highest BCUT2D eigenvalue weighted by molar-refractivity contribution is 5.59. The minimum absolute atomic E-state index is 0.426. The van der Waals surface area contributed by atoms with Crippen molar-refractivity contribution < 1.29 is 0 Å². The second-order valence-corrected chi connectivity index (χ2v) is 6.77. The van der Waals surface area contributed by atoms with Gasteiger partial charge < -0.3 is 16.0 Å². The summed E-state index contributed by atoms with van der Waals surface area (Å²) in [5.74, 6) is 1.65. The number of nitrogens with zero attached hydrogens (tertiary/aromatic N) is 3. The van der Waals surface area contributed by atoms with Crippen LogP contribution < -0.4 is 16.0 Å². The maximum Gasteiger partial charge on any atom is 0.233 e. The van der Waals surface area contributed by atoms with Crippen LogP contribution in [0.25, 0.3) is 0 Å². The van der Waals surface area contributed by atoms with Gasteiger partial charge in [-0.25, -0.2) is 0 Å². The molecule has 0 aliphatic heterocycles. The zero-order valence-electron chi connectivity index (χ0n) is 15.2. The third-order valence-corrected chi connectivity index (χ3v) is 4.63. The summed E-state index contributed by atoms with van der Waals surface area (Å²) < 4.78 is 0. The SMILES string of the molecule is c1ccc(Nc2nc(Nc3ccccc3)nc(NC3CCCCC3)n2)cc1. The molecule has 1 heterocycles. The van der Waals surface area contributed by atoms with Crippen LogP contribution in [0, 0.1) is 0 Å². The lowest BCUT2D eigenvalue weighted by Crippen LogP contribution is -2.24. The molecule has 1 aliphatic carbocycles. The number of aromatic nitrogens is 3. The van der Waals surface area contributed by atoms with Crippen molar-refractivity contribution >= 4 is 29.2 Å². The van der Waals surface area contributed by atoms with Crippen molar-refractivity contribution in [3.63, 3.8) is 0 Å². The topological polar surface area (TPSA) is 74.8 Å². The average Bonchev–Trinajstić information content (AvgIpc) is 2.70. The van der Waals surface area contributed by atoms with Gasteiger partial charge in [-0.3, -0.25) is 0 Å². The molecular formula is C21H24N6. The predicted octanol–water partition coefficient (Wildman–Crippen LogP) is 5.10. The Balaban J connectivity index is 1.58. The van der Waals surface area contributed by atoms with E-state index in [1.54, 1.807) is 0 Å². The second kappa shape index (κ2) is 8.49. The summed E-state index contributed by atoms with van der Waals surface area (Å²) in [6.45, 7) is 0. The van der Waals surface area contributed by atoms with Crippen molar-refractivity contribution in [3.05, 3.63) is 60.7 Å². The molecule has 3 aromatic rings. The van der Waals surface area contributed by atoms with E-state index < -0.39 is 0 Å². The molecule has 0 bridgehead atoms. The molecule has 0 radical (unpaired) electrons. The number of benzene rings is 2. The van der Waals surface area contributed by atoms with Crippen LogP contribution in [-0.4, -0.2) is 21.0 Å². The molecule has 1 aliphatic rings. The van der Waals surface area contributed by atoms with Gasteiger partial charge >= 0.3 is 0 Å². The molecule has 138 valence electrons. The van der Waals surface area contributed by atoms with Gasteiger partial charge in [0, 0.05) is 17.4 Å². The van der Waals surface area contributed by atoms with Gasteiger partial charge in [0.05, 0.1) is 0 Å². The van der Waals surface area contributed by atoms with Crippen molar-refractivity contribution in [2.24, 2.45) is 0 Å². The number of hydrogen-bond donors (Lipinski definition) is 3. The van der Waals surface area contributed by atoms with Crippen molar-refractivity contribution in [1.29, 1.82) is 0 Å². The van der Waals surface area contributed by atoms with Gasteiger partial charge in [0.15, 0.2) is 0 Å². The number of hydrogen-bond acceptors (Lipinski definition) is 6. The maximum atomic E-state index is 4.58. The standard InChI is InChI=1S/C21H24N6/c1-4-10-16(11-5-1)22-19-25-20(23-17-12-6-2-7-13-17)27-21(26-19)24-18-14-8-3-9-15-18/h1-2,4-7,10-13,18H,3,8-9,14-15H2,(H3,22,23,24,25,26,27). The lowest BCUT2D eigenvalue weighted by molar-refractivity contribution is 0.461. The molecule has 2 aromatic carbocycles. The van der Waals surface area contributed by atoms with E-state index in [2.05, 4.69) is 30.9 Å². The third kappa shape index (κ3) is 4.94. The van der Waals surface area contributed by atoms with Gasteiger partial charge in [-0.15, -0.1) is 0 Å². The zero-order chi connectivity index (χ0) is 18.3. The molecule has 3 N–H and O–H groups in total. The van der Waals surface area contributed by atoms with Crippen molar-refractivity contribution in [2.75, 3.05) is 16.0 Å². The van der Waals surface area contributed by atoms with E-state index in [0.717, 1.165) is 24.2 Å². The quantitative estimate of drug-likeness (QED) is 0.568. The van der Waals surface area contributed by atoms with Crippen LogP contribution in [0.5, 0.6) is 0 Å². The van der Waals surface area contributed by atoms with E-state index in [0.29, 0.717) is 23.9 Å². The highest BCUT2D eigenvalue weighted by Crippen LogP contribution is 2.23. The Morgan fingerprint density at radius 1 is 0.593 bits per heavy atom. The molecule has 1 saturated carbocycles. The lowest BCUT2D eigenvalue weighted by Gasteiger charge is -2.23. The van der Waals surface area contributed by atoms with E-state index in [1.807, 2.05) is 60.7 Å². The molecule has 0 amide bonds. The largest absolute Gasteiger partial charge is 0.351 e. The third-order valence-electron chi connectivity index (χ3n) is 4.63. The lowest BCUT2D eigenvalue weighted by atomic mass is 9.96. The Labute approximate surface area is 159 Å². The van der Waals surface area contributed by atoms with Gasteiger partial charge in [0.2, 0.25) is 17.8 Å². The first-order valence-corrected chi connectivity index (χ1v) is 9.52. The average molecular weight is 360 g/mol. The van der Waals surface area contributed by atoms with Crippen molar-refractivity contribution in [2.45, 2.75) is 38.1 Å². The van der Waals surface area contributed by atoms with Crippen LogP contribution in [0.2, 0.25) is 0 Å². The number of para-hydroxylation sites is 2. The minimum Gasteiger partial charge on any atom is -0.351 e. The molecule has 6 nitrogen and oxygen atoms in total. The van der Waals surface area contributed by atoms with Gasteiger partial charge in [-0.2, -0.15) is 15.0 Å². The summed E-state index contributed by atoms with van der Waals surface area (Å²) in [6, 6.07) is 20.3. The molecule has 0 spiro atoms. The Kier molecular flexibility index (Phi) is 5.43. The fourth-order valence-electron chi connectivity index (χ4n) is 3.28. The summed E-state index contributed by atoms with van der Waals surface area (Å²) in [6.07, 6.45) is 6.15. The van der Waals surface area contributed by atoms with E-state index in [1.165, 1.54) is 19.3 Å². The van der Waals surface area contributed by atoms with Gasteiger partial charge in [-0.05, 0) is 37.1 Å². The first kappa shape index (κ1) is 17.3. The molecule has 0 unspecified atom stereocenters. The first-order valence-electron chi connectivity index (χ1n) is 9.52. The molecule has 0 saturated heterocycles. The zero-order valence-corrected chi connectivity index (χ0v) is 15.2. The Bertz CT molecular complexity index is 787. The van der Waals surface area contributed by atoms with Gasteiger partial charge in [0.1, 0.15) is 0 Å². The summed E-state index contributed by atoms with van der Waals surface area (Å²) in [4.78, 5) is 13.7. The minimum atomic E-state index is 0.426. The van der Waals surface area contributed by atoms with Crippen LogP contribution in [0.15, 0.2) is 60.7 Å². The second-order valence-electron chi connectivity index (χ2n) is 6.77. The number of rotatable bonds is 6. The number of nitrogens with one attached hydrogen (secondary N) is 3. The predicted molar refractivity (Wildman–Crippen MR) is 110 cm³/mol. The van der Waals surface area contributed by atoms with E-state index in [4.69, 9.17) is 0 Å². The van der Waals surface area contributed by atoms with Crippen molar-refractivity contribution in [3.8, 4) is 0 Å². The molecule has 0 atom stereocenters. The highest BCUT2D eigenvalue weighted by atomic mass is 15.3. The van der Waals surface area contributed by atoms with Crippen LogP contribution in [0.3, 0.4) is 0 Å². The summed E-state index contributed by atoms with van der Waals surface area (Å²) in [5.41, 5.74) is 1.89. The smallest absolute Gasteiger partial charge is 0.233 e. The highest BCUT2D eigenvalue weighted by Gasteiger charge is 2.16. The number of anilines is 5. The summed E-state index contributed by atoms with van der Waals surface area (Å²) in [5, 5.41) is 10.0. The van der Waals surface area contributed by atoms with Crippen molar-refractivity contribution in [1.82, 2.24) is 15.0 Å². The van der Waals surface area contributed by atoms with Crippen LogP contribution >= 0.6 is 0 Å². The van der Waals surface area contributed by atoms with Crippen LogP contribution in [0.1, 0.15) is 32.1 Å². The monoisotopic (exact) mass is 360 g/mol. The fraction of sp³-hybridized carbons (Fsp3) is 0.286. The molecule has 1 aromatic heterocycles. The normalized spacial score (nSPS) is 14.5. The van der Waals surface area contributed by atoms with E-state index in [-0.39, 0.29) is 0 Å². The van der Waals surface area contributed by atoms with E-state index in [9.17, 15) is 0 Å².